The molecule has 22 heavy (non-hydrogen) atoms. The van der Waals surface area contributed by atoms with Crippen molar-refractivity contribution in [1.29, 1.82) is 0 Å². The quantitative estimate of drug-likeness (QED) is 0.730. The van der Waals surface area contributed by atoms with Crippen LogP contribution in [0.2, 0.25) is 0 Å². The Labute approximate surface area is 135 Å². The Morgan fingerprint density at radius 3 is 2.32 bits per heavy atom. The van der Waals surface area contributed by atoms with Gasteiger partial charge in [-0.2, -0.15) is 0 Å². The molecule has 1 atom stereocenters. The van der Waals surface area contributed by atoms with Gasteiger partial charge in [0.1, 0.15) is 17.6 Å². The number of ether oxygens (including phenoxy) is 2. The summed E-state index contributed by atoms with van der Waals surface area (Å²) in [6.45, 7) is 0.551. The monoisotopic (exact) mass is 316 g/mol. The average Bonchev–Trinajstić information content (AvgIpc) is 2.59. The third-order valence-electron chi connectivity index (χ3n) is 3.34. The van der Waals surface area contributed by atoms with Crippen molar-refractivity contribution in [3.05, 3.63) is 65.7 Å². The number of benzene rings is 2. The van der Waals surface area contributed by atoms with Crippen LogP contribution in [0.1, 0.15) is 11.1 Å². The molecule has 2 rings (SSSR count). The second-order valence-electron chi connectivity index (χ2n) is 4.87. The molecule has 0 amide bonds. The van der Waals surface area contributed by atoms with Crippen LogP contribution in [0, 0.1) is 0 Å². The third kappa shape index (κ3) is 4.81. The molecule has 0 fully saturated rings. The van der Waals surface area contributed by atoms with Crippen LogP contribution >= 0.6 is 11.8 Å². The Bertz CT molecular complexity index is 581. The summed E-state index contributed by atoms with van der Waals surface area (Å²) in [7, 11) is 1.42. The van der Waals surface area contributed by atoms with Gasteiger partial charge < -0.3 is 9.47 Å². The van der Waals surface area contributed by atoms with Crippen LogP contribution in [0.15, 0.2) is 54.6 Å². The number of thioether (sulfide) groups is 1. The van der Waals surface area contributed by atoms with Crippen molar-refractivity contribution in [2.75, 3.05) is 13.4 Å². The zero-order valence-corrected chi connectivity index (χ0v) is 13.6. The maximum Gasteiger partial charge on any atom is 0.319 e. The molecule has 0 aliphatic heterocycles. The van der Waals surface area contributed by atoms with Crippen LogP contribution in [0.3, 0.4) is 0 Å². The van der Waals surface area contributed by atoms with Crippen LogP contribution < -0.4 is 4.74 Å². The van der Waals surface area contributed by atoms with Crippen molar-refractivity contribution >= 4 is 17.7 Å². The minimum atomic E-state index is -0.183. The van der Waals surface area contributed by atoms with E-state index >= 15 is 0 Å². The van der Waals surface area contributed by atoms with Gasteiger partial charge in [0.2, 0.25) is 0 Å². The molecular weight excluding hydrogens is 296 g/mol. The molecule has 2 aromatic carbocycles. The molecule has 116 valence electrons. The van der Waals surface area contributed by atoms with E-state index in [1.54, 1.807) is 0 Å². The first-order valence-electron chi connectivity index (χ1n) is 7.09. The van der Waals surface area contributed by atoms with Gasteiger partial charge in [-0.15, -0.1) is 11.8 Å². The van der Waals surface area contributed by atoms with Crippen molar-refractivity contribution in [2.45, 2.75) is 18.3 Å². The summed E-state index contributed by atoms with van der Waals surface area (Å²) < 4.78 is 10.6. The van der Waals surface area contributed by atoms with Crippen molar-refractivity contribution in [3.8, 4) is 5.75 Å². The minimum absolute atomic E-state index is 0.166. The van der Waals surface area contributed by atoms with E-state index < -0.39 is 0 Å². The lowest BCUT2D eigenvalue weighted by molar-refractivity contribution is -0.139. The Morgan fingerprint density at radius 2 is 1.73 bits per heavy atom. The van der Waals surface area contributed by atoms with E-state index in [0.717, 1.165) is 16.9 Å². The molecular formula is C18H20O3S. The fourth-order valence-corrected chi connectivity index (χ4v) is 2.72. The third-order valence-corrected chi connectivity index (χ3v) is 4.27. The lowest BCUT2D eigenvalue weighted by atomic mass is 10.1. The van der Waals surface area contributed by atoms with Gasteiger partial charge in [-0.05, 0) is 35.9 Å². The Hall–Kier alpha value is -1.94. The zero-order chi connectivity index (χ0) is 15.8. The highest BCUT2D eigenvalue weighted by Crippen LogP contribution is 2.19. The largest absolute Gasteiger partial charge is 0.489 e. The SMILES string of the molecule is COC(=O)C(Cc1ccc(OCc2ccccc2)cc1)SC. The second-order valence-corrected chi connectivity index (χ2v) is 5.91. The highest BCUT2D eigenvalue weighted by molar-refractivity contribution is 7.99. The smallest absolute Gasteiger partial charge is 0.319 e. The fraction of sp³-hybridized carbons (Fsp3) is 0.278. The summed E-state index contributed by atoms with van der Waals surface area (Å²) in [4.78, 5) is 11.6. The maximum atomic E-state index is 11.6. The molecule has 3 nitrogen and oxygen atoms in total. The minimum Gasteiger partial charge on any atom is -0.489 e. The van der Waals surface area contributed by atoms with Crippen molar-refractivity contribution in [1.82, 2.24) is 0 Å². The number of carbonyl (C=O) groups is 1. The predicted molar refractivity (Wildman–Crippen MR) is 90.2 cm³/mol. The fourth-order valence-electron chi connectivity index (χ4n) is 2.07. The van der Waals surface area contributed by atoms with E-state index in [4.69, 9.17) is 9.47 Å². The molecule has 0 saturated carbocycles. The zero-order valence-electron chi connectivity index (χ0n) is 12.8. The Balaban J connectivity index is 1.91. The summed E-state index contributed by atoms with van der Waals surface area (Å²) in [6.07, 6.45) is 2.58. The van der Waals surface area contributed by atoms with Gasteiger partial charge in [0.25, 0.3) is 0 Å². The lowest BCUT2D eigenvalue weighted by Gasteiger charge is -2.12. The molecule has 0 saturated heterocycles. The van der Waals surface area contributed by atoms with E-state index in [0.29, 0.717) is 13.0 Å². The number of rotatable bonds is 7. The van der Waals surface area contributed by atoms with E-state index in [1.165, 1.54) is 18.9 Å². The second kappa shape index (κ2) is 8.49. The highest BCUT2D eigenvalue weighted by atomic mass is 32.2. The normalized spacial score (nSPS) is 11.7. The summed E-state index contributed by atoms with van der Waals surface area (Å²) in [5.41, 5.74) is 2.23. The van der Waals surface area contributed by atoms with Gasteiger partial charge in [0.15, 0.2) is 0 Å². The van der Waals surface area contributed by atoms with Gasteiger partial charge in [0, 0.05) is 0 Å². The molecule has 0 aliphatic rings. The van der Waals surface area contributed by atoms with E-state index in [-0.39, 0.29) is 11.2 Å². The molecule has 0 spiro atoms. The van der Waals surface area contributed by atoms with Gasteiger partial charge in [-0.3, -0.25) is 4.79 Å². The maximum absolute atomic E-state index is 11.6. The number of methoxy groups -OCH3 is 1. The van der Waals surface area contributed by atoms with Gasteiger partial charge in [-0.1, -0.05) is 42.5 Å². The van der Waals surface area contributed by atoms with Crippen LogP contribution in [-0.2, 0) is 22.6 Å². The molecule has 4 heteroatoms. The summed E-state index contributed by atoms with van der Waals surface area (Å²) in [5, 5.41) is -0.166. The van der Waals surface area contributed by atoms with Crippen LogP contribution in [0.5, 0.6) is 5.75 Å². The topological polar surface area (TPSA) is 35.5 Å². The molecule has 0 aliphatic carbocycles. The summed E-state index contributed by atoms with van der Waals surface area (Å²) in [5.74, 6) is 0.642. The number of esters is 1. The first-order valence-corrected chi connectivity index (χ1v) is 8.38. The van der Waals surface area contributed by atoms with Crippen molar-refractivity contribution in [3.63, 3.8) is 0 Å². The average molecular weight is 316 g/mol. The number of carbonyl (C=O) groups excluding carboxylic acids is 1. The van der Waals surface area contributed by atoms with E-state index in [9.17, 15) is 4.79 Å². The summed E-state index contributed by atoms with van der Waals surface area (Å²) >= 11 is 1.50. The Kier molecular flexibility index (Phi) is 6.34. The van der Waals surface area contributed by atoms with Gasteiger partial charge >= 0.3 is 5.97 Å². The van der Waals surface area contributed by atoms with Crippen LogP contribution in [0.4, 0.5) is 0 Å². The van der Waals surface area contributed by atoms with Gasteiger partial charge in [0.05, 0.1) is 7.11 Å². The molecule has 0 bridgehead atoms. The molecule has 0 aromatic heterocycles. The predicted octanol–water partition coefficient (Wildman–Crippen LogP) is 3.71. The van der Waals surface area contributed by atoms with Crippen LogP contribution in [-0.4, -0.2) is 24.6 Å². The molecule has 0 heterocycles. The number of hydrogen-bond acceptors (Lipinski definition) is 4. The lowest BCUT2D eigenvalue weighted by Crippen LogP contribution is -2.20. The Morgan fingerprint density at radius 1 is 1.05 bits per heavy atom. The molecule has 0 radical (unpaired) electrons. The number of hydrogen-bond donors (Lipinski definition) is 0. The molecule has 0 N–H and O–H groups in total. The highest BCUT2D eigenvalue weighted by Gasteiger charge is 2.18. The van der Waals surface area contributed by atoms with Crippen LogP contribution in [0.25, 0.3) is 0 Å². The molecule has 2 aromatic rings. The standard InChI is InChI=1S/C18H20O3S/c1-20-18(19)17(22-2)12-14-8-10-16(11-9-14)21-13-15-6-4-3-5-7-15/h3-11,17H,12-13H2,1-2H3. The van der Waals surface area contributed by atoms with Gasteiger partial charge in [-0.25, -0.2) is 0 Å². The molecule has 1 unspecified atom stereocenters. The van der Waals surface area contributed by atoms with Crippen molar-refractivity contribution < 1.29 is 14.3 Å². The summed E-state index contributed by atoms with van der Waals surface area (Å²) in [6, 6.07) is 17.9. The van der Waals surface area contributed by atoms with Crippen molar-refractivity contribution in [2.24, 2.45) is 0 Å². The van der Waals surface area contributed by atoms with E-state index in [2.05, 4.69) is 0 Å². The first kappa shape index (κ1) is 16.4. The van der Waals surface area contributed by atoms with E-state index in [1.807, 2.05) is 60.9 Å². The first-order chi connectivity index (χ1) is 10.7.